The van der Waals surface area contributed by atoms with Crippen molar-refractivity contribution >= 4 is 0 Å². The van der Waals surface area contributed by atoms with Gasteiger partial charge >= 0.3 is 0 Å². The molecule has 1 N–H and O–H groups in total. The third-order valence-corrected chi connectivity index (χ3v) is 3.12. The Morgan fingerprint density at radius 3 is 2.56 bits per heavy atom. The highest BCUT2D eigenvalue weighted by molar-refractivity contribution is 5.21. The van der Waals surface area contributed by atoms with E-state index in [1.807, 2.05) is 11.9 Å². The Balaban J connectivity index is 2.64. The molecule has 102 valence electrons. The summed E-state index contributed by atoms with van der Waals surface area (Å²) in [5.41, 5.74) is 0.0194. The van der Waals surface area contributed by atoms with Gasteiger partial charge in [-0.3, -0.25) is 0 Å². The zero-order chi connectivity index (χ0) is 13.7. The first-order chi connectivity index (χ1) is 8.43. The standard InChI is InChI=1S/C14H21F2NO/c1-4-10(2)8-17(3)9-14(18)12-7-11(15)5-6-13(12)16/h5-7,10,14,18H,4,8-9H2,1-3H3. The van der Waals surface area contributed by atoms with Crippen molar-refractivity contribution in [2.75, 3.05) is 20.1 Å². The molecule has 1 aromatic carbocycles. The number of aliphatic hydroxyl groups is 1. The highest BCUT2D eigenvalue weighted by atomic mass is 19.1. The lowest BCUT2D eigenvalue weighted by atomic mass is 10.1. The maximum Gasteiger partial charge on any atom is 0.129 e. The second kappa shape index (κ2) is 6.81. The third-order valence-electron chi connectivity index (χ3n) is 3.12. The molecule has 2 unspecified atom stereocenters. The van der Waals surface area contributed by atoms with E-state index in [0.717, 1.165) is 31.2 Å². The van der Waals surface area contributed by atoms with Crippen LogP contribution in [0.2, 0.25) is 0 Å². The summed E-state index contributed by atoms with van der Waals surface area (Å²) in [6.07, 6.45) is 0.0455. The predicted molar refractivity (Wildman–Crippen MR) is 68.3 cm³/mol. The van der Waals surface area contributed by atoms with Gasteiger partial charge in [0.1, 0.15) is 11.6 Å². The summed E-state index contributed by atoms with van der Waals surface area (Å²) >= 11 is 0. The van der Waals surface area contributed by atoms with Gasteiger partial charge in [-0.2, -0.15) is 0 Å². The number of nitrogens with zero attached hydrogens (tertiary/aromatic N) is 1. The number of hydrogen-bond donors (Lipinski definition) is 1. The Bertz CT molecular complexity index is 384. The summed E-state index contributed by atoms with van der Waals surface area (Å²) in [4.78, 5) is 1.93. The van der Waals surface area contributed by atoms with E-state index in [1.165, 1.54) is 0 Å². The maximum atomic E-state index is 13.5. The summed E-state index contributed by atoms with van der Waals surface area (Å²) in [6.45, 7) is 5.34. The van der Waals surface area contributed by atoms with E-state index >= 15 is 0 Å². The fourth-order valence-corrected chi connectivity index (χ4v) is 1.90. The quantitative estimate of drug-likeness (QED) is 0.847. The lowest BCUT2D eigenvalue weighted by Crippen LogP contribution is -2.29. The van der Waals surface area contributed by atoms with Crippen molar-refractivity contribution < 1.29 is 13.9 Å². The zero-order valence-electron chi connectivity index (χ0n) is 11.2. The molecule has 0 aromatic heterocycles. The van der Waals surface area contributed by atoms with Gasteiger partial charge in [-0.05, 0) is 31.2 Å². The van der Waals surface area contributed by atoms with Crippen molar-refractivity contribution in [1.82, 2.24) is 4.90 Å². The molecule has 0 saturated carbocycles. The van der Waals surface area contributed by atoms with Crippen LogP contribution in [0.5, 0.6) is 0 Å². The first-order valence-corrected chi connectivity index (χ1v) is 6.25. The van der Waals surface area contributed by atoms with Crippen LogP contribution in [-0.2, 0) is 0 Å². The van der Waals surface area contributed by atoms with Gasteiger partial charge in [0, 0.05) is 18.7 Å². The number of likely N-dealkylation sites (N-methyl/N-ethyl adjacent to an activating group) is 1. The van der Waals surface area contributed by atoms with Gasteiger partial charge in [0.2, 0.25) is 0 Å². The van der Waals surface area contributed by atoms with E-state index < -0.39 is 17.7 Å². The molecule has 18 heavy (non-hydrogen) atoms. The molecule has 0 aliphatic heterocycles. The molecule has 0 radical (unpaired) electrons. The lowest BCUT2D eigenvalue weighted by molar-refractivity contribution is 0.116. The molecule has 0 bridgehead atoms. The molecule has 2 atom stereocenters. The van der Waals surface area contributed by atoms with Crippen LogP contribution in [0.3, 0.4) is 0 Å². The Kier molecular flexibility index (Phi) is 5.69. The van der Waals surface area contributed by atoms with E-state index in [9.17, 15) is 13.9 Å². The van der Waals surface area contributed by atoms with Crippen molar-refractivity contribution in [2.24, 2.45) is 5.92 Å². The maximum absolute atomic E-state index is 13.5. The summed E-state index contributed by atoms with van der Waals surface area (Å²) in [6, 6.07) is 3.15. The Labute approximate surface area is 107 Å². The number of rotatable bonds is 6. The van der Waals surface area contributed by atoms with Crippen LogP contribution in [-0.4, -0.2) is 30.1 Å². The molecule has 0 saturated heterocycles. The van der Waals surface area contributed by atoms with Crippen LogP contribution >= 0.6 is 0 Å². The lowest BCUT2D eigenvalue weighted by Gasteiger charge is -2.23. The van der Waals surface area contributed by atoms with E-state index in [1.54, 1.807) is 0 Å². The molecule has 0 heterocycles. The molecule has 0 aliphatic carbocycles. The zero-order valence-corrected chi connectivity index (χ0v) is 11.2. The number of aliphatic hydroxyl groups excluding tert-OH is 1. The van der Waals surface area contributed by atoms with Crippen LogP contribution < -0.4 is 0 Å². The van der Waals surface area contributed by atoms with E-state index in [2.05, 4.69) is 13.8 Å². The van der Waals surface area contributed by atoms with Gasteiger partial charge in [0.15, 0.2) is 0 Å². The fourth-order valence-electron chi connectivity index (χ4n) is 1.90. The monoisotopic (exact) mass is 257 g/mol. The summed E-state index contributed by atoms with van der Waals surface area (Å²) in [7, 11) is 1.87. The number of benzene rings is 1. The largest absolute Gasteiger partial charge is 0.387 e. The average Bonchev–Trinajstić information content (AvgIpc) is 2.31. The second-order valence-electron chi connectivity index (χ2n) is 4.92. The van der Waals surface area contributed by atoms with Gasteiger partial charge in [-0.1, -0.05) is 20.3 Å². The molecule has 1 rings (SSSR count). The minimum atomic E-state index is -1.00. The topological polar surface area (TPSA) is 23.5 Å². The molecule has 4 heteroatoms. The van der Waals surface area contributed by atoms with E-state index in [4.69, 9.17) is 0 Å². The molecular formula is C14H21F2NO. The Hall–Kier alpha value is -1.00. The normalized spacial score (nSPS) is 14.8. The summed E-state index contributed by atoms with van der Waals surface area (Å²) in [5.74, 6) is -0.588. The van der Waals surface area contributed by atoms with Crippen molar-refractivity contribution in [2.45, 2.75) is 26.4 Å². The van der Waals surface area contributed by atoms with Crippen molar-refractivity contribution in [3.8, 4) is 0 Å². The van der Waals surface area contributed by atoms with Gasteiger partial charge in [-0.25, -0.2) is 8.78 Å². The van der Waals surface area contributed by atoms with Gasteiger partial charge in [-0.15, -0.1) is 0 Å². The Morgan fingerprint density at radius 1 is 1.28 bits per heavy atom. The minimum absolute atomic E-state index is 0.0194. The predicted octanol–water partition coefficient (Wildman–Crippen LogP) is 2.98. The smallest absolute Gasteiger partial charge is 0.129 e. The molecule has 0 fully saturated rings. The molecule has 0 aliphatic rings. The minimum Gasteiger partial charge on any atom is -0.387 e. The van der Waals surface area contributed by atoms with Crippen LogP contribution in [0.25, 0.3) is 0 Å². The average molecular weight is 257 g/mol. The van der Waals surface area contributed by atoms with E-state index in [0.29, 0.717) is 12.5 Å². The third kappa shape index (κ3) is 4.35. The van der Waals surface area contributed by atoms with Gasteiger partial charge < -0.3 is 10.0 Å². The van der Waals surface area contributed by atoms with Crippen LogP contribution in [0.15, 0.2) is 18.2 Å². The van der Waals surface area contributed by atoms with Crippen LogP contribution in [0.1, 0.15) is 31.9 Å². The van der Waals surface area contributed by atoms with Crippen molar-refractivity contribution in [1.29, 1.82) is 0 Å². The summed E-state index contributed by atoms with van der Waals surface area (Å²) < 4.78 is 26.5. The molecule has 2 nitrogen and oxygen atoms in total. The molecule has 0 spiro atoms. The molecule has 0 amide bonds. The Morgan fingerprint density at radius 2 is 1.94 bits per heavy atom. The fraction of sp³-hybridized carbons (Fsp3) is 0.571. The van der Waals surface area contributed by atoms with Gasteiger partial charge in [0.25, 0.3) is 0 Å². The highest BCUT2D eigenvalue weighted by Crippen LogP contribution is 2.19. The summed E-state index contributed by atoms with van der Waals surface area (Å²) in [5, 5.41) is 9.93. The number of halogens is 2. The molecular weight excluding hydrogens is 236 g/mol. The van der Waals surface area contributed by atoms with Crippen LogP contribution in [0.4, 0.5) is 8.78 Å². The second-order valence-corrected chi connectivity index (χ2v) is 4.92. The van der Waals surface area contributed by atoms with E-state index in [-0.39, 0.29) is 5.56 Å². The highest BCUT2D eigenvalue weighted by Gasteiger charge is 2.16. The first-order valence-electron chi connectivity index (χ1n) is 6.25. The SMILES string of the molecule is CCC(C)CN(C)CC(O)c1cc(F)ccc1F. The molecule has 1 aromatic rings. The van der Waals surface area contributed by atoms with Crippen molar-refractivity contribution in [3.05, 3.63) is 35.4 Å². The van der Waals surface area contributed by atoms with Crippen molar-refractivity contribution in [3.63, 3.8) is 0 Å². The van der Waals surface area contributed by atoms with Crippen LogP contribution in [0, 0.1) is 17.6 Å². The first kappa shape index (κ1) is 15.1. The number of hydrogen-bond acceptors (Lipinski definition) is 2. The van der Waals surface area contributed by atoms with Gasteiger partial charge in [0.05, 0.1) is 6.10 Å².